The minimum absolute atomic E-state index is 0.0148. The van der Waals surface area contributed by atoms with Crippen LogP contribution in [0.25, 0.3) is 0 Å². The van der Waals surface area contributed by atoms with E-state index < -0.39 is 11.6 Å². The molecule has 0 fully saturated rings. The minimum atomic E-state index is -0.568. The van der Waals surface area contributed by atoms with Gasteiger partial charge in [0.05, 0.1) is 12.0 Å². The van der Waals surface area contributed by atoms with Gasteiger partial charge in [0.2, 0.25) is 0 Å². The number of nitrogens with two attached hydrogens (primary N) is 1. The van der Waals surface area contributed by atoms with E-state index >= 15 is 0 Å². The SMILES string of the molecule is COc1cccc(Sc2c(F)cc(CCN)cc2F)c1. The molecule has 2 aromatic rings. The molecule has 0 amide bonds. The largest absolute Gasteiger partial charge is 0.497 e. The molecular weight excluding hydrogens is 280 g/mol. The highest BCUT2D eigenvalue weighted by atomic mass is 32.2. The van der Waals surface area contributed by atoms with Gasteiger partial charge in [0, 0.05) is 4.90 Å². The molecule has 2 nitrogen and oxygen atoms in total. The Kier molecular flexibility index (Phi) is 4.98. The number of ether oxygens (including phenoxy) is 1. The van der Waals surface area contributed by atoms with Crippen molar-refractivity contribution in [3.63, 3.8) is 0 Å². The molecule has 0 unspecified atom stereocenters. The molecule has 0 spiro atoms. The van der Waals surface area contributed by atoms with Crippen LogP contribution in [0, 0.1) is 11.6 Å². The fourth-order valence-electron chi connectivity index (χ4n) is 1.80. The lowest BCUT2D eigenvalue weighted by atomic mass is 10.1. The summed E-state index contributed by atoms with van der Waals surface area (Å²) >= 11 is 1.04. The predicted molar refractivity (Wildman–Crippen MR) is 76.2 cm³/mol. The normalized spacial score (nSPS) is 10.6. The zero-order valence-corrected chi connectivity index (χ0v) is 11.8. The van der Waals surface area contributed by atoms with Gasteiger partial charge in [-0.15, -0.1) is 0 Å². The molecule has 0 radical (unpaired) electrons. The first-order valence-electron chi connectivity index (χ1n) is 6.14. The van der Waals surface area contributed by atoms with Crippen LogP contribution < -0.4 is 10.5 Å². The highest BCUT2D eigenvalue weighted by Gasteiger charge is 2.13. The highest BCUT2D eigenvalue weighted by molar-refractivity contribution is 7.99. The maximum atomic E-state index is 14.0. The molecule has 5 heteroatoms. The van der Waals surface area contributed by atoms with E-state index in [4.69, 9.17) is 10.5 Å². The Balaban J connectivity index is 2.28. The summed E-state index contributed by atoms with van der Waals surface area (Å²) in [6.45, 7) is 0.362. The Labute approximate surface area is 120 Å². The lowest BCUT2D eigenvalue weighted by Crippen LogP contribution is -2.04. The summed E-state index contributed by atoms with van der Waals surface area (Å²) in [6, 6.07) is 9.73. The number of benzene rings is 2. The Bertz CT molecular complexity index is 581. The van der Waals surface area contributed by atoms with Crippen LogP contribution >= 0.6 is 11.8 Å². The van der Waals surface area contributed by atoms with Crippen molar-refractivity contribution in [1.82, 2.24) is 0 Å². The molecule has 106 valence electrons. The van der Waals surface area contributed by atoms with E-state index in [0.29, 0.717) is 29.2 Å². The van der Waals surface area contributed by atoms with E-state index in [-0.39, 0.29) is 4.90 Å². The van der Waals surface area contributed by atoms with Gasteiger partial charge in [0.1, 0.15) is 17.4 Å². The summed E-state index contributed by atoms with van der Waals surface area (Å²) in [7, 11) is 1.55. The van der Waals surface area contributed by atoms with Crippen molar-refractivity contribution >= 4 is 11.8 Å². The van der Waals surface area contributed by atoms with E-state index in [9.17, 15) is 8.78 Å². The fraction of sp³-hybridized carbons (Fsp3) is 0.200. The Morgan fingerprint density at radius 3 is 2.45 bits per heavy atom. The average Bonchev–Trinajstić information content (AvgIpc) is 2.43. The number of rotatable bonds is 5. The van der Waals surface area contributed by atoms with Crippen LogP contribution in [0.5, 0.6) is 5.75 Å². The van der Waals surface area contributed by atoms with Crippen molar-refractivity contribution in [2.24, 2.45) is 5.73 Å². The minimum Gasteiger partial charge on any atom is -0.497 e. The van der Waals surface area contributed by atoms with Gasteiger partial charge in [-0.25, -0.2) is 8.78 Å². The van der Waals surface area contributed by atoms with Crippen LogP contribution in [-0.4, -0.2) is 13.7 Å². The van der Waals surface area contributed by atoms with Crippen molar-refractivity contribution < 1.29 is 13.5 Å². The molecule has 2 aromatic carbocycles. The molecule has 2 rings (SSSR count). The fourth-order valence-corrected chi connectivity index (χ4v) is 2.67. The zero-order valence-electron chi connectivity index (χ0n) is 11.0. The molecule has 0 aliphatic carbocycles. The van der Waals surface area contributed by atoms with E-state index in [2.05, 4.69) is 0 Å². The van der Waals surface area contributed by atoms with Gasteiger partial charge in [-0.3, -0.25) is 0 Å². The quantitative estimate of drug-likeness (QED) is 0.915. The second kappa shape index (κ2) is 6.72. The number of hydrogen-bond donors (Lipinski definition) is 1. The predicted octanol–water partition coefficient (Wildman–Crippen LogP) is 3.63. The van der Waals surface area contributed by atoms with Crippen LogP contribution in [0.1, 0.15) is 5.56 Å². The highest BCUT2D eigenvalue weighted by Crippen LogP contribution is 2.34. The lowest BCUT2D eigenvalue weighted by molar-refractivity contribution is 0.413. The second-order valence-corrected chi connectivity index (χ2v) is 5.29. The standard InChI is InChI=1S/C15H15F2NOS/c1-19-11-3-2-4-12(9-11)20-15-13(16)7-10(5-6-18)8-14(15)17/h2-4,7-9H,5-6,18H2,1H3. The third kappa shape index (κ3) is 3.49. The summed E-state index contributed by atoms with van der Waals surface area (Å²) in [5.74, 6) is -0.488. The third-order valence-corrected chi connectivity index (χ3v) is 3.84. The van der Waals surface area contributed by atoms with E-state index in [1.165, 1.54) is 12.1 Å². The van der Waals surface area contributed by atoms with Crippen molar-refractivity contribution in [1.29, 1.82) is 0 Å². The Morgan fingerprint density at radius 2 is 1.85 bits per heavy atom. The summed E-state index contributed by atoms with van der Waals surface area (Å²) in [6.07, 6.45) is 0.456. The molecule has 0 atom stereocenters. The van der Waals surface area contributed by atoms with Gasteiger partial charge < -0.3 is 10.5 Å². The topological polar surface area (TPSA) is 35.2 Å². The van der Waals surface area contributed by atoms with Crippen molar-refractivity contribution in [2.45, 2.75) is 16.2 Å². The first kappa shape index (κ1) is 14.8. The lowest BCUT2D eigenvalue weighted by Gasteiger charge is -2.08. The summed E-state index contributed by atoms with van der Waals surface area (Å²) in [5.41, 5.74) is 5.96. The Morgan fingerprint density at radius 1 is 1.15 bits per heavy atom. The number of hydrogen-bond acceptors (Lipinski definition) is 3. The molecule has 20 heavy (non-hydrogen) atoms. The maximum Gasteiger partial charge on any atom is 0.140 e. The number of methoxy groups -OCH3 is 1. The summed E-state index contributed by atoms with van der Waals surface area (Å²) in [5, 5.41) is 0. The van der Waals surface area contributed by atoms with Crippen LogP contribution in [0.4, 0.5) is 8.78 Å². The molecule has 0 saturated heterocycles. The van der Waals surface area contributed by atoms with Gasteiger partial charge in [0.15, 0.2) is 0 Å². The molecular formula is C15H15F2NOS. The molecule has 0 aliphatic rings. The monoisotopic (exact) mass is 295 g/mol. The van der Waals surface area contributed by atoms with Crippen LogP contribution in [0.15, 0.2) is 46.2 Å². The van der Waals surface area contributed by atoms with Gasteiger partial charge in [-0.05, 0) is 48.9 Å². The summed E-state index contributed by atoms with van der Waals surface area (Å²) < 4.78 is 33.0. The molecule has 0 saturated carbocycles. The Hall–Kier alpha value is -1.59. The second-order valence-electron chi connectivity index (χ2n) is 4.21. The molecule has 2 N–H and O–H groups in total. The van der Waals surface area contributed by atoms with E-state index in [1.54, 1.807) is 31.4 Å². The molecule has 0 bridgehead atoms. The van der Waals surface area contributed by atoms with Crippen LogP contribution in [-0.2, 0) is 6.42 Å². The van der Waals surface area contributed by atoms with Gasteiger partial charge >= 0.3 is 0 Å². The van der Waals surface area contributed by atoms with Crippen molar-refractivity contribution in [3.05, 3.63) is 53.6 Å². The molecule has 0 aromatic heterocycles. The van der Waals surface area contributed by atoms with Crippen molar-refractivity contribution in [2.75, 3.05) is 13.7 Å². The molecule has 0 heterocycles. The number of halogens is 2. The maximum absolute atomic E-state index is 14.0. The summed E-state index contributed by atoms with van der Waals surface area (Å²) in [4.78, 5) is 0.702. The van der Waals surface area contributed by atoms with Gasteiger partial charge in [0.25, 0.3) is 0 Å². The van der Waals surface area contributed by atoms with Crippen LogP contribution in [0.3, 0.4) is 0 Å². The van der Waals surface area contributed by atoms with Crippen molar-refractivity contribution in [3.8, 4) is 5.75 Å². The van der Waals surface area contributed by atoms with Crippen LogP contribution in [0.2, 0.25) is 0 Å². The smallest absolute Gasteiger partial charge is 0.140 e. The van der Waals surface area contributed by atoms with Gasteiger partial charge in [-0.1, -0.05) is 17.8 Å². The molecule has 0 aliphatic heterocycles. The third-order valence-electron chi connectivity index (χ3n) is 2.75. The van der Waals surface area contributed by atoms with Gasteiger partial charge in [-0.2, -0.15) is 0 Å². The average molecular weight is 295 g/mol. The first-order chi connectivity index (χ1) is 9.63. The van der Waals surface area contributed by atoms with E-state index in [1.807, 2.05) is 0 Å². The first-order valence-corrected chi connectivity index (χ1v) is 6.95. The van der Waals surface area contributed by atoms with E-state index in [0.717, 1.165) is 11.8 Å². The zero-order chi connectivity index (χ0) is 14.5.